The highest BCUT2D eigenvalue weighted by molar-refractivity contribution is 8.00. The van der Waals surface area contributed by atoms with Crippen molar-refractivity contribution in [3.63, 3.8) is 0 Å². The third kappa shape index (κ3) is 19.6. The van der Waals surface area contributed by atoms with Crippen LogP contribution in [0, 0.1) is 62.6 Å². The number of anilines is 4. The van der Waals surface area contributed by atoms with Gasteiger partial charge in [-0.2, -0.15) is 19.9 Å². The molecule has 8 aromatic carbocycles. The number of hydrogen-bond acceptors (Lipinski definition) is 24. The first kappa shape index (κ1) is 99.3. The Morgan fingerprint density at radius 2 is 0.614 bits per heavy atom. The van der Waals surface area contributed by atoms with Crippen molar-refractivity contribution in [2.24, 2.45) is 0 Å². The summed E-state index contributed by atoms with van der Waals surface area (Å²) in [5.41, 5.74) is 8.81. The van der Waals surface area contributed by atoms with E-state index >= 15 is 4.39 Å². The van der Waals surface area contributed by atoms with Gasteiger partial charge in [0.25, 0.3) is 0 Å². The fourth-order valence-electron chi connectivity index (χ4n) is 19.2. The van der Waals surface area contributed by atoms with Crippen LogP contribution in [0.5, 0.6) is 0 Å². The van der Waals surface area contributed by atoms with Gasteiger partial charge in [-0.15, -0.1) is 47.0 Å². The normalized spacial score (nSPS) is 18.0. The number of rotatable bonds is 12. The van der Waals surface area contributed by atoms with Gasteiger partial charge >= 0.3 is 22.8 Å². The Labute approximate surface area is 825 Å². The molecule has 4 amide bonds. The van der Waals surface area contributed by atoms with E-state index in [1.54, 1.807) is 48.4 Å². The minimum absolute atomic E-state index is 0.0209. The Bertz CT molecular complexity index is 7370. The molecule has 0 spiro atoms. The molecule has 4 saturated heterocycles. The molecule has 4 N–H and O–H groups in total. The van der Waals surface area contributed by atoms with Gasteiger partial charge in [-0.25, -0.2) is 45.5 Å². The van der Waals surface area contributed by atoms with Gasteiger partial charge in [-0.1, -0.05) is 67.7 Å². The van der Waals surface area contributed by atoms with Crippen molar-refractivity contribution in [3.05, 3.63) is 257 Å². The average Bonchev–Trinajstić information content (AvgIpc) is 1.33. The van der Waals surface area contributed by atoms with Crippen molar-refractivity contribution in [1.82, 2.24) is 57.8 Å². The molecule has 0 saturated carbocycles. The van der Waals surface area contributed by atoms with Gasteiger partial charge < -0.3 is 59.6 Å². The highest BCUT2D eigenvalue weighted by Gasteiger charge is 2.37. The number of aliphatic hydroxyl groups is 4. The summed E-state index contributed by atoms with van der Waals surface area (Å²) in [6, 6.07) is 24.1. The zero-order valence-electron chi connectivity index (χ0n) is 76.5. The lowest BCUT2D eigenvalue weighted by Gasteiger charge is -2.35. The number of carbonyl (C=O) groups excluding carboxylic acids is 4. The zero-order valence-corrected chi connectivity index (χ0v) is 81.3. The number of thioether (sulfide) groups is 4. The summed E-state index contributed by atoms with van der Waals surface area (Å²) in [6.45, 7) is 30.2. The van der Waals surface area contributed by atoms with Crippen LogP contribution in [0.1, 0.15) is 22.3 Å². The van der Waals surface area contributed by atoms with Crippen molar-refractivity contribution in [2.45, 2.75) is 97.9 Å². The molecule has 8 aliphatic rings. The van der Waals surface area contributed by atoms with Crippen molar-refractivity contribution in [1.29, 1.82) is 0 Å². The van der Waals surface area contributed by atoms with Gasteiger partial charge in [0, 0.05) is 214 Å². The summed E-state index contributed by atoms with van der Waals surface area (Å²) in [5, 5.41) is 44.9. The van der Waals surface area contributed by atoms with E-state index in [1.807, 2.05) is 71.6 Å². The molecule has 12 heterocycles. The molecule has 4 aromatic heterocycles. The average molecular weight is 2030 g/mol. The molecule has 40 heteroatoms. The topological polar surface area (TPSA) is 315 Å². The predicted octanol–water partition coefficient (Wildman–Crippen LogP) is 12.8. The number of piperazine rings is 4. The van der Waals surface area contributed by atoms with Crippen LogP contribution in [0.2, 0.25) is 10.0 Å². The molecule has 0 bridgehead atoms. The smallest absolute Gasteiger partial charge is 0.350 e. The second-order valence-corrected chi connectivity index (χ2v) is 39.9. The fourth-order valence-corrected chi connectivity index (χ4v) is 24.5. The summed E-state index contributed by atoms with van der Waals surface area (Å²) in [7, 11) is 0. The molecule has 20 rings (SSSR count). The maximum absolute atomic E-state index is 15.0. The minimum atomic E-state index is -0.859. The molecule has 4 unspecified atom stereocenters. The van der Waals surface area contributed by atoms with E-state index in [1.165, 1.54) is 121 Å². The molecule has 28 nitrogen and oxygen atoms in total. The highest BCUT2D eigenvalue weighted by Crippen LogP contribution is 2.50. The van der Waals surface area contributed by atoms with Gasteiger partial charge in [0.05, 0.1) is 82.7 Å². The number of hydrogen-bond donors (Lipinski definition) is 4. The molecular weight excluding hydrogens is 1930 g/mol. The summed E-state index contributed by atoms with van der Waals surface area (Å²) in [5.74, 6) is -0.756. The van der Waals surface area contributed by atoms with E-state index in [0.717, 1.165) is 77.2 Å². The second kappa shape index (κ2) is 41.5. The van der Waals surface area contributed by atoms with E-state index in [2.05, 4.69) is 46.3 Å². The van der Waals surface area contributed by atoms with Crippen LogP contribution >= 0.6 is 70.2 Å². The van der Waals surface area contributed by atoms with Gasteiger partial charge in [0.1, 0.15) is 58.2 Å². The van der Waals surface area contributed by atoms with Gasteiger partial charge in [-0.05, 0) is 152 Å². The van der Waals surface area contributed by atoms with Crippen molar-refractivity contribution < 1.29 is 65.9 Å². The van der Waals surface area contributed by atoms with E-state index in [-0.39, 0.29) is 82.5 Å². The van der Waals surface area contributed by atoms with Crippen LogP contribution in [0.15, 0.2) is 186 Å². The molecular formula is C100H96Cl2F6N16O12S4. The van der Waals surface area contributed by atoms with Crippen molar-refractivity contribution in [2.75, 3.05) is 147 Å². The van der Waals surface area contributed by atoms with E-state index < -0.39 is 76.3 Å². The number of amides is 4. The van der Waals surface area contributed by atoms with E-state index in [9.17, 15) is 80.7 Å². The summed E-state index contributed by atoms with van der Waals surface area (Å²) < 4.78 is 90.9. The maximum atomic E-state index is 15.0. The van der Waals surface area contributed by atoms with E-state index in [4.69, 9.17) is 23.2 Å². The number of aryl methyl sites for hydroxylation is 4. The van der Waals surface area contributed by atoms with Crippen LogP contribution in [-0.2, 0) is 45.4 Å². The molecule has 728 valence electrons. The molecule has 4 fully saturated rings. The van der Waals surface area contributed by atoms with Crippen molar-refractivity contribution >= 4 is 161 Å². The number of benzene rings is 8. The molecule has 0 radical (unpaired) electrons. The van der Waals surface area contributed by atoms with Crippen LogP contribution in [0.25, 0.3) is 88.1 Å². The van der Waals surface area contributed by atoms with Crippen molar-refractivity contribution in [3.8, 4) is 44.5 Å². The summed E-state index contributed by atoms with van der Waals surface area (Å²) in [4.78, 5) is 136. The maximum Gasteiger partial charge on any atom is 0.350 e. The SMILES string of the molecule is C=CC(=O)N1CCN(c2nc(=O)n3c4c(c(-c5cc(Cl)c(F)cc5F)c(C)cc24)SCC(O)C3)CC1.C=CC(=O)N1CCN(c2nc(=O)n3c4c(c(-c5ccc(F)c(Cl)c5)c(C)cc24)SCC(O)C3)CC1.C=CC(=O)N1CCN(c2nc(=O)n3c4c(c(-c5ccc(F)cc5)c(C)cc24)SCC(O)C3)CC1.C=CC(=O)N1CCN(c2nc(=O)n3c4c(c(-c5ccc(F)cc5F)c(C)cc24)SCC(O)C3)CC1. The van der Waals surface area contributed by atoms with Gasteiger partial charge in [0.15, 0.2) is 0 Å². The quantitative estimate of drug-likeness (QED) is 0.0502. The van der Waals surface area contributed by atoms with Crippen LogP contribution in [0.3, 0.4) is 0 Å². The third-order valence-electron chi connectivity index (χ3n) is 25.9. The highest BCUT2D eigenvalue weighted by atomic mass is 35.5. The Morgan fingerprint density at radius 1 is 0.336 bits per heavy atom. The fraction of sp³-hybridized carbons (Fsp3) is 0.320. The number of carbonyl (C=O) groups is 4. The summed E-state index contributed by atoms with van der Waals surface area (Å²) in [6.07, 6.45) is 2.16. The lowest BCUT2D eigenvalue weighted by atomic mass is 9.97. The number of nitrogens with zero attached hydrogens (tertiary/aromatic N) is 16. The Hall–Kier alpha value is -12.2. The zero-order chi connectivity index (χ0) is 99.4. The van der Waals surface area contributed by atoms with Gasteiger partial charge in [-0.3, -0.25) is 37.4 Å². The minimum Gasteiger partial charge on any atom is -0.390 e. The molecule has 140 heavy (non-hydrogen) atoms. The van der Waals surface area contributed by atoms with Crippen LogP contribution in [-0.4, -0.2) is 254 Å². The number of aromatic nitrogens is 8. The first-order valence-electron chi connectivity index (χ1n) is 45.2. The Balaban J connectivity index is 0.000000129. The standard InChI is InChI=1S/C25H23ClF2N4O3S.C25H24ClFN4O3S.C25H24F2N4O3S.C25H25FN4O3S/c1-3-20(34)30-4-6-31(7-5-30)24-16-8-13(2)21(15-9-17(26)19(28)10-18(15)27)23-22(16)32(25(35)29-24)11-14(33)12-36-23;1-3-20(33)29-6-8-30(9-7-29)24-17-10-14(2)21(15-4-5-19(27)18(26)11-15)23-22(17)31(25(34)28-24)12-16(32)13-35-23;1-3-20(33)29-6-8-30(9-7-29)24-18-10-14(2)21(17-5-4-15(26)11-19(17)27)23-22(18)31(25(34)28-24)12-16(32)13-35-23;1-3-20(32)28-8-10-29(11-9-28)24-19-12-15(2)21(16-4-6-17(26)7-5-16)23-22(19)30(25(33)27-24)13-18(31)14-34-23/h3,8-10,14,33H,1,4-7,11-12H2,2H3;2*3-5,10-11,16,32H,1,6-9,12-13H2,2H3;3-7,12,18,31H,1,8-11,13-14H2,2H3. The molecule has 4 atom stereocenters. The second-order valence-electron chi connectivity index (χ2n) is 34.9. The first-order valence-corrected chi connectivity index (χ1v) is 49.9. The monoisotopic (exact) mass is 2020 g/mol. The lowest BCUT2D eigenvalue weighted by molar-refractivity contribution is -0.127. The number of aliphatic hydroxyl groups excluding tert-OH is 4. The number of halogens is 8. The Morgan fingerprint density at radius 3 is 0.929 bits per heavy atom. The van der Waals surface area contributed by atoms with Crippen LogP contribution in [0.4, 0.5) is 49.6 Å². The summed E-state index contributed by atoms with van der Waals surface area (Å²) >= 11 is 17.7. The lowest BCUT2D eigenvalue weighted by Crippen LogP contribution is -2.49. The third-order valence-corrected chi connectivity index (χ3v) is 31.4. The van der Waals surface area contributed by atoms with E-state index in [0.29, 0.717) is 199 Å². The molecule has 0 aliphatic carbocycles. The Kier molecular flexibility index (Phi) is 29.5. The van der Waals surface area contributed by atoms with Crippen LogP contribution < -0.4 is 42.4 Å². The first-order chi connectivity index (χ1) is 67.1. The largest absolute Gasteiger partial charge is 0.390 e. The molecule has 8 aliphatic heterocycles. The molecule has 12 aromatic rings. The predicted molar refractivity (Wildman–Crippen MR) is 537 cm³/mol. The van der Waals surface area contributed by atoms with Gasteiger partial charge in [0.2, 0.25) is 23.6 Å².